The summed E-state index contributed by atoms with van der Waals surface area (Å²) in [6, 6.07) is 21.5. The maximum atomic E-state index is 13.8. The van der Waals surface area contributed by atoms with Crippen molar-refractivity contribution in [1.82, 2.24) is 8.87 Å². The normalized spacial score (nSPS) is 13.6. The molecule has 5 heteroatoms. The van der Waals surface area contributed by atoms with E-state index in [9.17, 15) is 8.42 Å². The second kappa shape index (κ2) is 9.63. The van der Waals surface area contributed by atoms with E-state index in [1.165, 1.54) is 5.56 Å². The zero-order valence-corrected chi connectivity index (χ0v) is 20.9. The molecule has 2 aromatic carbocycles. The summed E-state index contributed by atoms with van der Waals surface area (Å²) in [5, 5.41) is 0. The number of aromatic nitrogens is 1. The van der Waals surface area contributed by atoms with Crippen molar-refractivity contribution in [2.75, 3.05) is 0 Å². The molecule has 1 aromatic heterocycles. The van der Waals surface area contributed by atoms with Gasteiger partial charge in [-0.2, -0.15) is 4.31 Å². The molecule has 3 aromatic rings. The molecule has 3 rings (SSSR count). The number of hydrogen-bond donors (Lipinski definition) is 0. The van der Waals surface area contributed by atoms with E-state index in [4.69, 9.17) is 0 Å². The largest absolute Gasteiger partial charge is 0.346 e. The van der Waals surface area contributed by atoms with Crippen LogP contribution in [-0.4, -0.2) is 23.3 Å². The van der Waals surface area contributed by atoms with E-state index in [-0.39, 0.29) is 17.4 Å². The van der Waals surface area contributed by atoms with Crippen molar-refractivity contribution < 1.29 is 8.42 Å². The molecular formula is C27H36N2O2S. The molecule has 0 aliphatic carbocycles. The number of rotatable bonds is 8. The van der Waals surface area contributed by atoms with Gasteiger partial charge in [-0.25, -0.2) is 8.42 Å². The second-order valence-electron chi connectivity index (χ2n) is 9.92. The Balaban J connectivity index is 1.94. The third-order valence-corrected chi connectivity index (χ3v) is 8.13. The van der Waals surface area contributed by atoms with Crippen molar-refractivity contribution in [2.45, 2.75) is 71.0 Å². The van der Waals surface area contributed by atoms with Gasteiger partial charge in [0, 0.05) is 24.5 Å². The molecule has 0 aliphatic heterocycles. The average molecular weight is 453 g/mol. The second-order valence-corrected chi connectivity index (χ2v) is 11.8. The topological polar surface area (TPSA) is 42.3 Å². The van der Waals surface area contributed by atoms with Crippen molar-refractivity contribution in [1.29, 1.82) is 0 Å². The Morgan fingerprint density at radius 1 is 0.875 bits per heavy atom. The molecule has 0 N–H and O–H groups in total. The Morgan fingerprint density at radius 2 is 1.50 bits per heavy atom. The van der Waals surface area contributed by atoms with Crippen LogP contribution < -0.4 is 0 Å². The first-order valence-electron chi connectivity index (χ1n) is 11.3. The van der Waals surface area contributed by atoms with Gasteiger partial charge in [-0.3, -0.25) is 0 Å². The summed E-state index contributed by atoms with van der Waals surface area (Å²) in [7, 11) is -3.65. The minimum atomic E-state index is -3.65. The number of hydrogen-bond acceptors (Lipinski definition) is 2. The minimum Gasteiger partial charge on any atom is -0.346 e. The lowest BCUT2D eigenvalue weighted by Crippen LogP contribution is -2.41. The summed E-state index contributed by atoms with van der Waals surface area (Å²) in [6.07, 6.45) is 2.02. The molecule has 4 nitrogen and oxygen atoms in total. The molecule has 0 saturated heterocycles. The van der Waals surface area contributed by atoms with E-state index < -0.39 is 10.0 Å². The molecule has 0 amide bonds. The first kappa shape index (κ1) is 24.3. The van der Waals surface area contributed by atoms with E-state index in [0.29, 0.717) is 18.0 Å². The van der Waals surface area contributed by atoms with Crippen molar-refractivity contribution in [3.63, 3.8) is 0 Å². The molecule has 0 fully saturated rings. The van der Waals surface area contributed by atoms with Crippen LogP contribution in [0.2, 0.25) is 0 Å². The van der Waals surface area contributed by atoms with Crippen molar-refractivity contribution in [3.05, 3.63) is 89.7 Å². The molecule has 0 spiro atoms. The maximum absolute atomic E-state index is 13.8. The van der Waals surface area contributed by atoms with Gasteiger partial charge in [-0.15, -0.1) is 0 Å². The maximum Gasteiger partial charge on any atom is 0.243 e. The van der Waals surface area contributed by atoms with Gasteiger partial charge in [-0.1, -0.05) is 77.1 Å². The molecule has 1 unspecified atom stereocenters. The molecular weight excluding hydrogens is 416 g/mol. The van der Waals surface area contributed by atoms with Crippen molar-refractivity contribution >= 4 is 10.0 Å². The van der Waals surface area contributed by atoms with Crippen LogP contribution in [0.15, 0.2) is 77.8 Å². The first-order valence-corrected chi connectivity index (χ1v) is 12.7. The Kier molecular flexibility index (Phi) is 7.31. The standard InChI is InChI=1S/C27H36N2O2S/c1-21(2)22(3)29(32(30,31)26-16-14-24(15-17-26)27(4,5)6)20-25-13-10-18-28(25)19-23-11-8-7-9-12-23/h7-18,21-22H,19-20H2,1-6H3. The zero-order chi connectivity index (χ0) is 23.5. The summed E-state index contributed by atoms with van der Waals surface area (Å²) in [5.74, 6) is 0.191. The molecule has 172 valence electrons. The third-order valence-electron chi connectivity index (χ3n) is 6.18. The number of sulfonamides is 1. The lowest BCUT2D eigenvalue weighted by molar-refractivity contribution is 0.265. The van der Waals surface area contributed by atoms with E-state index in [1.54, 1.807) is 16.4 Å². The number of benzene rings is 2. The average Bonchev–Trinajstić information content (AvgIpc) is 3.18. The third kappa shape index (κ3) is 5.51. The summed E-state index contributed by atoms with van der Waals surface area (Å²) in [6.45, 7) is 13.6. The van der Waals surface area contributed by atoms with Gasteiger partial charge in [0.15, 0.2) is 0 Å². The number of nitrogens with zero attached hydrogens (tertiary/aromatic N) is 2. The fraction of sp³-hybridized carbons (Fsp3) is 0.407. The van der Waals surface area contributed by atoms with Crippen LogP contribution in [0.5, 0.6) is 0 Å². The monoisotopic (exact) mass is 452 g/mol. The molecule has 0 bridgehead atoms. The molecule has 0 saturated carbocycles. The molecule has 1 atom stereocenters. The Bertz CT molecular complexity index is 1110. The van der Waals surface area contributed by atoms with Gasteiger partial charge in [0.05, 0.1) is 11.4 Å². The minimum absolute atomic E-state index is 0.0223. The highest BCUT2D eigenvalue weighted by atomic mass is 32.2. The van der Waals surface area contributed by atoms with Crippen molar-refractivity contribution in [2.24, 2.45) is 5.92 Å². The highest BCUT2D eigenvalue weighted by Gasteiger charge is 2.31. The lowest BCUT2D eigenvalue weighted by Gasteiger charge is -2.31. The summed E-state index contributed by atoms with van der Waals surface area (Å²) < 4.78 is 31.3. The lowest BCUT2D eigenvalue weighted by atomic mass is 9.87. The molecule has 1 heterocycles. The van der Waals surface area contributed by atoms with Crippen LogP contribution in [0.25, 0.3) is 0 Å². The quantitative estimate of drug-likeness (QED) is 0.416. The fourth-order valence-electron chi connectivity index (χ4n) is 3.73. The summed E-state index contributed by atoms with van der Waals surface area (Å²) in [4.78, 5) is 0.346. The van der Waals surface area contributed by atoms with Crippen LogP contribution >= 0.6 is 0 Å². The first-order chi connectivity index (χ1) is 15.0. The van der Waals surface area contributed by atoms with Gasteiger partial charge in [0.25, 0.3) is 0 Å². The summed E-state index contributed by atoms with van der Waals surface area (Å²) >= 11 is 0. The smallest absolute Gasteiger partial charge is 0.243 e. The van der Waals surface area contributed by atoms with E-state index in [1.807, 2.05) is 55.6 Å². The van der Waals surface area contributed by atoms with Crippen LogP contribution in [-0.2, 0) is 28.5 Å². The molecule has 0 radical (unpaired) electrons. The fourth-order valence-corrected chi connectivity index (χ4v) is 5.46. The van der Waals surface area contributed by atoms with Gasteiger partial charge in [-0.05, 0) is 53.6 Å². The molecule has 32 heavy (non-hydrogen) atoms. The van der Waals surface area contributed by atoms with Crippen molar-refractivity contribution in [3.8, 4) is 0 Å². The van der Waals surface area contributed by atoms with Crippen LogP contribution in [0, 0.1) is 5.92 Å². The Labute approximate surface area is 193 Å². The zero-order valence-electron chi connectivity index (χ0n) is 20.1. The van der Waals surface area contributed by atoms with E-state index in [2.05, 4.69) is 51.3 Å². The van der Waals surface area contributed by atoms with Crippen LogP contribution in [0.3, 0.4) is 0 Å². The Morgan fingerprint density at radius 3 is 2.06 bits per heavy atom. The van der Waals surface area contributed by atoms with Gasteiger partial charge >= 0.3 is 0 Å². The van der Waals surface area contributed by atoms with E-state index >= 15 is 0 Å². The van der Waals surface area contributed by atoms with Crippen LogP contribution in [0.4, 0.5) is 0 Å². The van der Waals surface area contributed by atoms with E-state index in [0.717, 1.165) is 11.3 Å². The van der Waals surface area contributed by atoms with Gasteiger partial charge < -0.3 is 4.57 Å². The SMILES string of the molecule is CC(C)C(C)N(Cc1cccn1Cc1ccccc1)S(=O)(=O)c1ccc(C(C)(C)C)cc1. The Hall–Kier alpha value is -2.37. The molecule has 0 aliphatic rings. The highest BCUT2D eigenvalue weighted by molar-refractivity contribution is 7.89. The predicted octanol–water partition coefficient (Wildman–Crippen LogP) is 6.07. The predicted molar refractivity (Wildman–Crippen MR) is 132 cm³/mol. The summed E-state index contributed by atoms with van der Waals surface area (Å²) in [5.41, 5.74) is 3.27. The van der Waals surface area contributed by atoms with Gasteiger partial charge in [0.1, 0.15) is 0 Å². The van der Waals surface area contributed by atoms with Gasteiger partial charge in [0.2, 0.25) is 10.0 Å². The highest BCUT2D eigenvalue weighted by Crippen LogP contribution is 2.28. The van der Waals surface area contributed by atoms with Crippen LogP contribution in [0.1, 0.15) is 58.4 Å².